The van der Waals surface area contributed by atoms with E-state index in [-0.39, 0.29) is 5.78 Å². The van der Waals surface area contributed by atoms with Gasteiger partial charge in [0.25, 0.3) is 0 Å². The first-order valence-electron chi connectivity index (χ1n) is 8.62. The van der Waals surface area contributed by atoms with Crippen molar-refractivity contribution in [2.75, 3.05) is 13.2 Å². The van der Waals surface area contributed by atoms with Crippen LogP contribution < -0.4 is 9.47 Å². The highest BCUT2D eigenvalue weighted by atomic mass is 32.1. The van der Waals surface area contributed by atoms with Crippen LogP contribution in [0.2, 0.25) is 0 Å². The molecular weight excluding hydrogens is 348 g/mol. The van der Waals surface area contributed by atoms with Crippen molar-refractivity contribution in [3.8, 4) is 22.1 Å². The Labute approximate surface area is 157 Å². The number of carbonyl (C=O) groups excluding carboxylic acids is 1. The van der Waals surface area contributed by atoms with Gasteiger partial charge in [-0.1, -0.05) is 0 Å². The quantitative estimate of drug-likeness (QED) is 0.541. The fraction of sp³-hybridized carbons (Fsp3) is 0.300. The molecule has 136 valence electrons. The molecule has 0 unspecified atom stereocenters. The van der Waals surface area contributed by atoms with Gasteiger partial charge in [-0.05, 0) is 44.2 Å². The third-order valence-electron chi connectivity index (χ3n) is 3.86. The molecule has 1 aromatic carbocycles. The average molecular weight is 370 g/mol. The number of aromatic nitrogens is 2. The van der Waals surface area contributed by atoms with Gasteiger partial charge in [0.2, 0.25) is 0 Å². The van der Waals surface area contributed by atoms with Crippen LogP contribution in [0.5, 0.6) is 11.5 Å². The second-order valence-electron chi connectivity index (χ2n) is 5.75. The maximum atomic E-state index is 11.7. The Balaban J connectivity index is 1.84. The zero-order chi connectivity index (χ0) is 18.5. The lowest BCUT2D eigenvalue weighted by Gasteiger charge is -2.11. The van der Waals surface area contributed by atoms with Crippen LogP contribution in [-0.4, -0.2) is 28.5 Å². The summed E-state index contributed by atoms with van der Waals surface area (Å²) in [5, 5.41) is 2.94. The van der Waals surface area contributed by atoms with E-state index in [1.165, 1.54) is 0 Å². The maximum Gasteiger partial charge on any atom is 0.176 e. The van der Waals surface area contributed by atoms with Crippen LogP contribution in [0.3, 0.4) is 0 Å². The second kappa shape index (κ2) is 8.19. The summed E-state index contributed by atoms with van der Waals surface area (Å²) in [6, 6.07) is 9.59. The van der Waals surface area contributed by atoms with E-state index < -0.39 is 0 Å². The van der Waals surface area contributed by atoms with Crippen molar-refractivity contribution >= 4 is 17.1 Å². The number of carbonyl (C=O) groups is 1. The second-order valence-corrected chi connectivity index (χ2v) is 6.61. The summed E-state index contributed by atoms with van der Waals surface area (Å²) in [6.45, 7) is 7.23. The summed E-state index contributed by atoms with van der Waals surface area (Å²) in [5.74, 6) is 1.53. The Morgan fingerprint density at radius 2 is 1.92 bits per heavy atom. The number of thiazole rings is 1. The van der Waals surface area contributed by atoms with E-state index in [2.05, 4.69) is 0 Å². The van der Waals surface area contributed by atoms with E-state index >= 15 is 0 Å². The number of ketones is 1. The first kappa shape index (κ1) is 18.2. The molecule has 0 aliphatic rings. The molecular formula is C20H22N2O3S. The Morgan fingerprint density at radius 3 is 2.65 bits per heavy atom. The first-order valence-corrected chi connectivity index (χ1v) is 9.50. The van der Waals surface area contributed by atoms with E-state index in [0.717, 1.165) is 27.8 Å². The molecule has 3 rings (SSSR count). The summed E-state index contributed by atoms with van der Waals surface area (Å²) in [7, 11) is 0. The molecule has 0 aliphatic carbocycles. The topological polar surface area (TPSA) is 53.4 Å². The smallest absolute Gasteiger partial charge is 0.176 e. The number of ether oxygens (including phenoxy) is 2. The molecule has 0 saturated carbocycles. The van der Waals surface area contributed by atoms with Crippen molar-refractivity contribution in [3.63, 3.8) is 0 Å². The molecule has 2 aromatic heterocycles. The highest BCUT2D eigenvalue weighted by Crippen LogP contribution is 2.34. The van der Waals surface area contributed by atoms with Gasteiger partial charge in [-0.15, -0.1) is 11.3 Å². The van der Waals surface area contributed by atoms with Crippen LogP contribution in [0.4, 0.5) is 0 Å². The van der Waals surface area contributed by atoms with Crippen molar-refractivity contribution in [2.24, 2.45) is 0 Å². The summed E-state index contributed by atoms with van der Waals surface area (Å²) >= 11 is 1.58. The van der Waals surface area contributed by atoms with Gasteiger partial charge in [-0.3, -0.25) is 4.79 Å². The van der Waals surface area contributed by atoms with Gasteiger partial charge in [-0.2, -0.15) is 0 Å². The average Bonchev–Trinajstić information content (AvgIpc) is 3.27. The van der Waals surface area contributed by atoms with Crippen molar-refractivity contribution in [1.82, 2.24) is 9.55 Å². The Hall–Kier alpha value is -2.60. The Bertz CT molecular complexity index is 898. The number of benzene rings is 1. The normalized spacial score (nSPS) is 10.7. The minimum Gasteiger partial charge on any atom is -0.490 e. The van der Waals surface area contributed by atoms with Crippen LogP contribution >= 0.6 is 11.3 Å². The molecule has 0 amide bonds. The fourth-order valence-electron chi connectivity index (χ4n) is 2.74. The van der Waals surface area contributed by atoms with Gasteiger partial charge in [0.15, 0.2) is 17.3 Å². The van der Waals surface area contributed by atoms with E-state index in [1.54, 1.807) is 18.3 Å². The van der Waals surface area contributed by atoms with Crippen LogP contribution in [0.25, 0.3) is 10.6 Å². The molecule has 6 heteroatoms. The molecule has 0 radical (unpaired) electrons. The van der Waals surface area contributed by atoms with Crippen LogP contribution in [0.15, 0.2) is 41.9 Å². The van der Waals surface area contributed by atoms with Gasteiger partial charge in [0.1, 0.15) is 5.01 Å². The molecule has 0 aliphatic heterocycles. The lowest BCUT2D eigenvalue weighted by Crippen LogP contribution is -2.06. The molecule has 0 bridgehead atoms. The van der Waals surface area contributed by atoms with E-state index in [1.807, 2.05) is 60.3 Å². The molecule has 0 saturated heterocycles. The fourth-order valence-corrected chi connectivity index (χ4v) is 3.55. The van der Waals surface area contributed by atoms with Crippen molar-refractivity contribution in [3.05, 3.63) is 53.3 Å². The molecule has 0 spiro atoms. The molecule has 0 N–H and O–H groups in total. The van der Waals surface area contributed by atoms with Crippen LogP contribution in [-0.2, 0) is 6.54 Å². The summed E-state index contributed by atoms with van der Waals surface area (Å²) in [6.07, 6.45) is 1.90. The van der Waals surface area contributed by atoms with E-state index in [9.17, 15) is 4.79 Å². The van der Waals surface area contributed by atoms with Crippen molar-refractivity contribution < 1.29 is 14.3 Å². The summed E-state index contributed by atoms with van der Waals surface area (Å²) < 4.78 is 13.2. The monoisotopic (exact) mass is 370 g/mol. The minimum atomic E-state index is 0.0540. The molecule has 0 fully saturated rings. The third kappa shape index (κ3) is 3.96. The zero-order valence-corrected chi connectivity index (χ0v) is 16.0. The van der Waals surface area contributed by atoms with Gasteiger partial charge >= 0.3 is 0 Å². The van der Waals surface area contributed by atoms with E-state index in [0.29, 0.717) is 25.5 Å². The highest BCUT2D eigenvalue weighted by molar-refractivity contribution is 7.13. The lowest BCUT2D eigenvalue weighted by atomic mass is 10.2. The standard InChI is InChI=1S/C20H22N2O3S/c1-4-24-18-9-8-15(11-19(18)25-5-2)20-21-16(13-26-20)12-22-10-6-7-17(22)14(3)23/h6-11,13H,4-5,12H2,1-3H3. The molecule has 5 nitrogen and oxygen atoms in total. The third-order valence-corrected chi connectivity index (χ3v) is 4.80. The predicted molar refractivity (Wildman–Crippen MR) is 103 cm³/mol. The SMILES string of the molecule is CCOc1ccc(-c2nc(Cn3cccc3C(C)=O)cs2)cc1OCC. The largest absolute Gasteiger partial charge is 0.490 e. The number of hydrogen-bond acceptors (Lipinski definition) is 5. The molecule has 0 atom stereocenters. The van der Waals surface area contributed by atoms with Gasteiger partial charge in [0, 0.05) is 24.1 Å². The number of rotatable bonds is 8. The van der Waals surface area contributed by atoms with Gasteiger partial charge in [0.05, 0.1) is 31.1 Å². The maximum absolute atomic E-state index is 11.7. The zero-order valence-electron chi connectivity index (χ0n) is 15.2. The number of Topliss-reactive ketones (excluding diaryl/α,β-unsaturated/α-hetero) is 1. The molecule has 2 heterocycles. The molecule has 26 heavy (non-hydrogen) atoms. The lowest BCUT2D eigenvalue weighted by molar-refractivity contribution is 0.100. The number of nitrogens with zero attached hydrogens (tertiary/aromatic N) is 2. The van der Waals surface area contributed by atoms with Crippen LogP contribution in [0, 0.1) is 0 Å². The Kier molecular flexibility index (Phi) is 5.73. The highest BCUT2D eigenvalue weighted by Gasteiger charge is 2.12. The Morgan fingerprint density at radius 1 is 1.15 bits per heavy atom. The molecule has 3 aromatic rings. The predicted octanol–water partition coefficient (Wildman–Crippen LogP) is 4.66. The minimum absolute atomic E-state index is 0.0540. The van der Waals surface area contributed by atoms with Crippen LogP contribution in [0.1, 0.15) is 37.0 Å². The first-order chi connectivity index (χ1) is 12.6. The van der Waals surface area contributed by atoms with Gasteiger partial charge < -0.3 is 14.0 Å². The number of hydrogen-bond donors (Lipinski definition) is 0. The van der Waals surface area contributed by atoms with Crippen molar-refractivity contribution in [1.29, 1.82) is 0 Å². The van der Waals surface area contributed by atoms with Gasteiger partial charge in [-0.25, -0.2) is 4.98 Å². The summed E-state index contributed by atoms with van der Waals surface area (Å²) in [4.78, 5) is 16.4. The summed E-state index contributed by atoms with van der Waals surface area (Å²) in [5.41, 5.74) is 2.61. The van der Waals surface area contributed by atoms with E-state index in [4.69, 9.17) is 14.5 Å². The van der Waals surface area contributed by atoms with Crippen molar-refractivity contribution in [2.45, 2.75) is 27.3 Å².